The van der Waals surface area contributed by atoms with Crippen molar-refractivity contribution in [3.8, 4) is 11.5 Å². The van der Waals surface area contributed by atoms with E-state index in [0.29, 0.717) is 21.0 Å². The summed E-state index contributed by atoms with van der Waals surface area (Å²) in [7, 11) is 1.54. The zero-order valence-corrected chi connectivity index (χ0v) is 18.2. The Morgan fingerprint density at radius 3 is 2.64 bits per heavy atom. The van der Waals surface area contributed by atoms with Crippen LogP contribution in [0.1, 0.15) is 11.1 Å². The molecule has 5 aromatic rings. The minimum atomic E-state index is -0.441. The highest BCUT2D eigenvalue weighted by atomic mass is 32.1. The maximum atomic E-state index is 13.0. The first-order valence-corrected chi connectivity index (χ1v) is 10.8. The summed E-state index contributed by atoms with van der Waals surface area (Å²) >= 11 is 1.34. The number of nitro benzene ring substituents is 1. The van der Waals surface area contributed by atoms with Crippen LogP contribution in [0.25, 0.3) is 22.1 Å². The van der Waals surface area contributed by atoms with Crippen LogP contribution < -0.4 is 19.6 Å². The molecule has 0 spiro atoms. The van der Waals surface area contributed by atoms with E-state index >= 15 is 0 Å². The second-order valence-electron chi connectivity index (χ2n) is 7.26. The molecular formula is C24H17N3O5S. The Hall–Kier alpha value is -4.24. The van der Waals surface area contributed by atoms with E-state index in [9.17, 15) is 14.9 Å². The summed E-state index contributed by atoms with van der Waals surface area (Å²) in [5.41, 5.74) is 3.09. The lowest BCUT2D eigenvalue weighted by atomic mass is 10.2. The van der Waals surface area contributed by atoms with Gasteiger partial charge in [0.2, 0.25) is 0 Å². The molecule has 0 atom stereocenters. The van der Waals surface area contributed by atoms with Gasteiger partial charge in [0.05, 0.1) is 27.6 Å². The van der Waals surface area contributed by atoms with E-state index in [1.54, 1.807) is 41.9 Å². The van der Waals surface area contributed by atoms with Gasteiger partial charge in [0.25, 0.3) is 11.2 Å². The number of imidazole rings is 1. The Balaban J connectivity index is 1.42. The molecule has 5 rings (SSSR count). The van der Waals surface area contributed by atoms with Crippen molar-refractivity contribution >= 4 is 39.1 Å². The number of rotatable bonds is 6. The lowest BCUT2D eigenvalue weighted by Gasteiger charge is -2.11. The van der Waals surface area contributed by atoms with E-state index in [1.165, 1.54) is 23.5 Å². The van der Waals surface area contributed by atoms with Gasteiger partial charge in [-0.2, -0.15) is 0 Å². The smallest absolute Gasteiger partial charge is 0.274 e. The number of thiazole rings is 1. The molecule has 0 amide bonds. The summed E-state index contributed by atoms with van der Waals surface area (Å²) in [6.07, 6.45) is 1.80. The highest BCUT2D eigenvalue weighted by molar-refractivity contribution is 7.15. The average molecular weight is 459 g/mol. The summed E-state index contributed by atoms with van der Waals surface area (Å²) in [6, 6.07) is 19.1. The van der Waals surface area contributed by atoms with E-state index in [-0.39, 0.29) is 17.9 Å². The monoisotopic (exact) mass is 459 g/mol. The summed E-state index contributed by atoms with van der Waals surface area (Å²) in [5.74, 6) is 1.05. The second-order valence-corrected chi connectivity index (χ2v) is 8.27. The number of nitrogens with zero attached hydrogens (tertiary/aromatic N) is 3. The topological polar surface area (TPSA) is 96.0 Å². The van der Waals surface area contributed by atoms with Crippen LogP contribution in [0.15, 0.2) is 71.5 Å². The van der Waals surface area contributed by atoms with Crippen molar-refractivity contribution in [2.24, 2.45) is 0 Å². The number of fused-ring (bicyclic) bond motifs is 3. The van der Waals surface area contributed by atoms with Crippen molar-refractivity contribution in [1.82, 2.24) is 9.38 Å². The molecule has 0 unspecified atom stereocenters. The van der Waals surface area contributed by atoms with Gasteiger partial charge in [0.1, 0.15) is 6.61 Å². The van der Waals surface area contributed by atoms with Crippen LogP contribution in [0, 0.1) is 10.1 Å². The van der Waals surface area contributed by atoms with Crippen molar-refractivity contribution in [3.05, 3.63) is 103 Å². The van der Waals surface area contributed by atoms with Crippen LogP contribution in [0.3, 0.4) is 0 Å². The van der Waals surface area contributed by atoms with Crippen LogP contribution in [-0.2, 0) is 6.61 Å². The van der Waals surface area contributed by atoms with E-state index in [4.69, 9.17) is 9.47 Å². The average Bonchev–Trinajstić information content (AvgIpc) is 3.34. The second kappa shape index (κ2) is 8.36. The van der Waals surface area contributed by atoms with Gasteiger partial charge < -0.3 is 9.47 Å². The van der Waals surface area contributed by atoms with Crippen LogP contribution in [0.5, 0.6) is 11.5 Å². The van der Waals surface area contributed by atoms with Gasteiger partial charge in [-0.3, -0.25) is 14.9 Å². The molecule has 0 N–H and O–H groups in total. The molecule has 2 aromatic heterocycles. The lowest BCUT2D eigenvalue weighted by molar-refractivity contribution is -0.384. The van der Waals surface area contributed by atoms with E-state index < -0.39 is 4.92 Å². The van der Waals surface area contributed by atoms with Crippen LogP contribution in [0.4, 0.5) is 5.69 Å². The Morgan fingerprint density at radius 1 is 1.09 bits per heavy atom. The molecule has 8 nitrogen and oxygen atoms in total. The molecule has 0 aliphatic carbocycles. The van der Waals surface area contributed by atoms with Crippen LogP contribution in [-0.4, -0.2) is 21.4 Å². The number of ether oxygens (including phenoxy) is 2. The molecule has 0 saturated heterocycles. The minimum absolute atomic E-state index is 0.0305. The van der Waals surface area contributed by atoms with Crippen molar-refractivity contribution in [2.75, 3.05) is 7.11 Å². The number of hydrogen-bond acceptors (Lipinski definition) is 7. The maximum Gasteiger partial charge on any atom is 0.274 e. The van der Waals surface area contributed by atoms with Gasteiger partial charge in [0.15, 0.2) is 16.5 Å². The molecule has 0 fully saturated rings. The number of nitro groups is 1. The zero-order chi connectivity index (χ0) is 22.9. The molecule has 2 heterocycles. The third-order valence-electron chi connectivity index (χ3n) is 5.17. The molecule has 0 aliphatic rings. The maximum absolute atomic E-state index is 13.0. The van der Waals surface area contributed by atoms with Gasteiger partial charge in [0, 0.05) is 12.1 Å². The first-order chi connectivity index (χ1) is 16.0. The molecule has 9 heteroatoms. The quantitative estimate of drug-likeness (QED) is 0.282. The van der Waals surface area contributed by atoms with Gasteiger partial charge >= 0.3 is 0 Å². The molecule has 0 bridgehead atoms. The molecular weight excluding hydrogens is 442 g/mol. The number of methoxy groups -OCH3 is 1. The van der Waals surface area contributed by atoms with Crippen molar-refractivity contribution < 1.29 is 14.4 Å². The molecule has 3 aromatic carbocycles. The molecule has 33 heavy (non-hydrogen) atoms. The van der Waals surface area contributed by atoms with E-state index in [0.717, 1.165) is 22.2 Å². The zero-order valence-electron chi connectivity index (χ0n) is 17.4. The fourth-order valence-electron chi connectivity index (χ4n) is 3.53. The highest BCUT2D eigenvalue weighted by Crippen LogP contribution is 2.29. The number of para-hydroxylation sites is 2. The first kappa shape index (κ1) is 20.7. The van der Waals surface area contributed by atoms with Crippen molar-refractivity contribution in [1.29, 1.82) is 0 Å². The van der Waals surface area contributed by atoms with Crippen molar-refractivity contribution in [3.63, 3.8) is 0 Å². The predicted molar refractivity (Wildman–Crippen MR) is 126 cm³/mol. The number of non-ortho nitro benzene ring substituents is 1. The van der Waals surface area contributed by atoms with Gasteiger partial charge in [-0.05, 0) is 53.6 Å². The SMILES string of the molecule is COc1cc(/C=c2\sc3nc4ccccc4n3c2=O)ccc1OCc1ccc([N+](=O)[O-])cc1. The number of benzene rings is 3. The summed E-state index contributed by atoms with van der Waals surface area (Å²) in [5, 5.41) is 10.8. The summed E-state index contributed by atoms with van der Waals surface area (Å²) in [4.78, 5) is 28.5. The van der Waals surface area contributed by atoms with Crippen molar-refractivity contribution in [2.45, 2.75) is 6.61 Å². The first-order valence-electron chi connectivity index (χ1n) is 9.99. The summed E-state index contributed by atoms with van der Waals surface area (Å²) < 4.78 is 13.5. The third-order valence-corrected chi connectivity index (χ3v) is 6.14. The van der Waals surface area contributed by atoms with E-state index in [1.807, 2.05) is 30.3 Å². The Labute approximate surface area is 191 Å². The third kappa shape index (κ3) is 3.90. The standard InChI is InChI=1S/C24H17N3O5S/c1-31-21-12-16(8-11-20(21)32-14-15-6-9-17(10-7-15)27(29)30)13-22-23(28)26-19-5-3-2-4-18(19)25-24(26)33-22/h2-13H,14H2,1H3/b22-13-. The largest absolute Gasteiger partial charge is 0.493 e. The molecule has 0 radical (unpaired) electrons. The molecule has 0 saturated carbocycles. The van der Waals surface area contributed by atoms with Gasteiger partial charge in [-0.25, -0.2) is 9.38 Å². The fourth-order valence-corrected chi connectivity index (χ4v) is 4.52. The molecule has 0 aliphatic heterocycles. The van der Waals surface area contributed by atoms with Gasteiger partial charge in [-0.1, -0.05) is 29.5 Å². The van der Waals surface area contributed by atoms with Crippen LogP contribution >= 0.6 is 11.3 Å². The highest BCUT2D eigenvalue weighted by Gasteiger charge is 2.12. The summed E-state index contributed by atoms with van der Waals surface area (Å²) in [6.45, 7) is 0.233. The minimum Gasteiger partial charge on any atom is -0.493 e. The Kier molecular flexibility index (Phi) is 5.23. The van der Waals surface area contributed by atoms with Gasteiger partial charge in [-0.15, -0.1) is 0 Å². The predicted octanol–water partition coefficient (Wildman–Crippen LogP) is 3.95. The Bertz CT molecular complexity index is 1610. The fraction of sp³-hybridized carbons (Fsp3) is 0.0833. The number of aromatic nitrogens is 2. The van der Waals surface area contributed by atoms with Crippen LogP contribution in [0.2, 0.25) is 0 Å². The lowest BCUT2D eigenvalue weighted by Crippen LogP contribution is -2.22. The Morgan fingerprint density at radius 2 is 1.88 bits per heavy atom. The molecule has 164 valence electrons. The normalized spacial score (nSPS) is 11.8. The van der Waals surface area contributed by atoms with E-state index in [2.05, 4.69) is 4.98 Å². The number of hydrogen-bond donors (Lipinski definition) is 0.